The van der Waals surface area contributed by atoms with Gasteiger partial charge in [0, 0.05) is 31.2 Å². The molecule has 0 aromatic heterocycles. The van der Waals surface area contributed by atoms with Crippen molar-refractivity contribution in [3.63, 3.8) is 0 Å². The minimum Gasteiger partial charge on any atom is -0.375 e. The van der Waals surface area contributed by atoms with Crippen molar-refractivity contribution in [3.8, 4) is 0 Å². The van der Waals surface area contributed by atoms with E-state index in [4.69, 9.17) is 10.5 Å². The first-order valence-corrected chi connectivity index (χ1v) is 7.24. The molecule has 4 nitrogen and oxygen atoms in total. The second-order valence-electron chi connectivity index (χ2n) is 6.45. The topological polar surface area (TPSA) is 41.7 Å². The quantitative estimate of drug-likeness (QED) is 0.814. The lowest BCUT2D eigenvalue weighted by Gasteiger charge is -2.48. The third kappa shape index (κ3) is 2.72. The van der Waals surface area contributed by atoms with Gasteiger partial charge >= 0.3 is 0 Å². The maximum absolute atomic E-state index is 6.15. The van der Waals surface area contributed by atoms with Crippen LogP contribution in [0.3, 0.4) is 0 Å². The summed E-state index contributed by atoms with van der Waals surface area (Å²) in [5, 5.41) is 0. The Labute approximate surface area is 111 Å². The van der Waals surface area contributed by atoms with E-state index in [1.807, 2.05) is 0 Å². The number of ether oxygens (including phenoxy) is 1. The molecule has 2 aliphatic heterocycles. The van der Waals surface area contributed by atoms with Gasteiger partial charge in [0.1, 0.15) is 0 Å². The lowest BCUT2D eigenvalue weighted by Crippen LogP contribution is -2.59. The summed E-state index contributed by atoms with van der Waals surface area (Å²) in [5.74, 6) is 0. The van der Waals surface area contributed by atoms with E-state index in [9.17, 15) is 0 Å². The highest BCUT2D eigenvalue weighted by Crippen LogP contribution is 2.36. The Kier molecular flexibility index (Phi) is 4.32. The number of likely N-dealkylation sites (tertiary alicyclic amines) is 1. The molecular formula is C14H29N3O. The van der Waals surface area contributed by atoms with E-state index in [0.29, 0.717) is 18.2 Å². The third-order valence-corrected chi connectivity index (χ3v) is 4.74. The molecule has 0 aromatic carbocycles. The van der Waals surface area contributed by atoms with Gasteiger partial charge in [0.25, 0.3) is 0 Å². The molecule has 3 unspecified atom stereocenters. The van der Waals surface area contributed by atoms with Gasteiger partial charge in [-0.1, -0.05) is 0 Å². The predicted molar refractivity (Wildman–Crippen MR) is 74.7 cm³/mol. The van der Waals surface area contributed by atoms with Crippen LogP contribution in [-0.2, 0) is 4.74 Å². The molecule has 0 bridgehead atoms. The summed E-state index contributed by atoms with van der Waals surface area (Å²) in [4.78, 5) is 4.98. The number of likely N-dealkylation sites (N-methyl/N-ethyl adjacent to an activating group) is 1. The fraction of sp³-hybridized carbons (Fsp3) is 1.00. The van der Waals surface area contributed by atoms with Gasteiger partial charge < -0.3 is 15.4 Å². The number of hydrogen-bond donors (Lipinski definition) is 1. The van der Waals surface area contributed by atoms with Gasteiger partial charge in [0.05, 0.1) is 12.2 Å². The molecule has 2 saturated heterocycles. The predicted octanol–water partition coefficient (Wildman–Crippen LogP) is 0.907. The fourth-order valence-electron chi connectivity index (χ4n) is 3.79. The van der Waals surface area contributed by atoms with Crippen LogP contribution in [0.2, 0.25) is 0 Å². The van der Waals surface area contributed by atoms with Crippen LogP contribution < -0.4 is 5.73 Å². The minimum absolute atomic E-state index is 0.168. The fourth-order valence-corrected chi connectivity index (χ4v) is 3.79. The van der Waals surface area contributed by atoms with Gasteiger partial charge in [-0.25, -0.2) is 0 Å². The first kappa shape index (κ1) is 14.3. The monoisotopic (exact) mass is 255 g/mol. The molecule has 0 aromatic rings. The highest BCUT2D eigenvalue weighted by Gasteiger charge is 2.44. The minimum atomic E-state index is 0.168. The molecule has 0 saturated carbocycles. The molecule has 0 aliphatic carbocycles. The Hall–Kier alpha value is -0.160. The molecule has 2 rings (SSSR count). The van der Waals surface area contributed by atoms with Crippen molar-refractivity contribution >= 4 is 0 Å². The van der Waals surface area contributed by atoms with Crippen molar-refractivity contribution in [1.29, 1.82) is 0 Å². The lowest BCUT2D eigenvalue weighted by molar-refractivity contribution is -0.0990. The molecule has 0 radical (unpaired) electrons. The second-order valence-corrected chi connectivity index (χ2v) is 6.45. The zero-order chi connectivity index (χ0) is 13.3. The zero-order valence-corrected chi connectivity index (χ0v) is 12.4. The molecule has 2 fully saturated rings. The maximum Gasteiger partial charge on any atom is 0.0568 e. The molecule has 3 atom stereocenters. The highest BCUT2D eigenvalue weighted by atomic mass is 16.5. The van der Waals surface area contributed by atoms with Gasteiger partial charge in [0.15, 0.2) is 0 Å². The number of rotatable bonds is 3. The molecule has 2 aliphatic rings. The largest absolute Gasteiger partial charge is 0.375 e. The molecular weight excluding hydrogens is 226 g/mol. The number of nitrogens with zero attached hydrogens (tertiary/aromatic N) is 2. The third-order valence-electron chi connectivity index (χ3n) is 4.74. The van der Waals surface area contributed by atoms with Crippen LogP contribution in [-0.4, -0.2) is 67.3 Å². The van der Waals surface area contributed by atoms with Crippen LogP contribution in [0.15, 0.2) is 0 Å². The second kappa shape index (κ2) is 5.45. The Morgan fingerprint density at radius 3 is 2.33 bits per heavy atom. The molecule has 0 spiro atoms. The van der Waals surface area contributed by atoms with Crippen LogP contribution in [0, 0.1) is 0 Å². The average Bonchev–Trinajstić information content (AvgIpc) is 2.77. The van der Waals surface area contributed by atoms with Gasteiger partial charge in [0.2, 0.25) is 0 Å². The van der Waals surface area contributed by atoms with Crippen molar-refractivity contribution in [2.24, 2.45) is 5.73 Å². The smallest absolute Gasteiger partial charge is 0.0568 e. The van der Waals surface area contributed by atoms with Crippen LogP contribution >= 0.6 is 0 Å². The Morgan fingerprint density at radius 2 is 1.89 bits per heavy atom. The standard InChI is InChI=1S/C14H29N3O/c1-11-7-14(10-15,8-12(2)18-11)17-6-5-13(9-17)16(3)4/h11-13H,5-10,15H2,1-4H3. The molecule has 106 valence electrons. The normalized spacial score (nSPS) is 42.7. The molecule has 2 heterocycles. The van der Waals surface area contributed by atoms with Crippen molar-refractivity contribution in [2.75, 3.05) is 33.7 Å². The van der Waals surface area contributed by atoms with Crippen LogP contribution in [0.5, 0.6) is 0 Å². The van der Waals surface area contributed by atoms with E-state index in [-0.39, 0.29) is 5.54 Å². The van der Waals surface area contributed by atoms with E-state index in [1.54, 1.807) is 0 Å². The summed E-state index contributed by atoms with van der Waals surface area (Å²) < 4.78 is 5.88. The first-order chi connectivity index (χ1) is 8.47. The van der Waals surface area contributed by atoms with Crippen LogP contribution in [0.1, 0.15) is 33.1 Å². The van der Waals surface area contributed by atoms with Crippen molar-refractivity contribution < 1.29 is 4.74 Å². The molecule has 2 N–H and O–H groups in total. The summed E-state index contributed by atoms with van der Waals surface area (Å²) in [6, 6.07) is 0.682. The summed E-state index contributed by atoms with van der Waals surface area (Å²) in [7, 11) is 4.36. The highest BCUT2D eigenvalue weighted by molar-refractivity contribution is 5.01. The van der Waals surface area contributed by atoms with Crippen LogP contribution in [0.25, 0.3) is 0 Å². The lowest BCUT2D eigenvalue weighted by atomic mass is 9.82. The molecule has 4 heteroatoms. The van der Waals surface area contributed by atoms with Gasteiger partial charge in [-0.3, -0.25) is 4.90 Å². The average molecular weight is 255 g/mol. The maximum atomic E-state index is 6.15. The Balaban J connectivity index is 2.08. The van der Waals surface area contributed by atoms with E-state index < -0.39 is 0 Å². The molecule has 18 heavy (non-hydrogen) atoms. The van der Waals surface area contributed by atoms with E-state index in [1.165, 1.54) is 13.0 Å². The summed E-state index contributed by atoms with van der Waals surface area (Å²) in [5.41, 5.74) is 6.32. The summed E-state index contributed by atoms with van der Waals surface area (Å²) >= 11 is 0. The van der Waals surface area contributed by atoms with Gasteiger partial charge in [-0.05, 0) is 47.2 Å². The molecule has 0 amide bonds. The van der Waals surface area contributed by atoms with E-state index >= 15 is 0 Å². The van der Waals surface area contributed by atoms with Crippen LogP contribution in [0.4, 0.5) is 0 Å². The SMILES string of the molecule is CC1CC(CN)(N2CCC(N(C)C)C2)CC(C)O1. The van der Waals surface area contributed by atoms with Gasteiger partial charge in [-0.2, -0.15) is 0 Å². The van der Waals surface area contributed by atoms with E-state index in [0.717, 1.165) is 25.9 Å². The first-order valence-electron chi connectivity index (χ1n) is 7.24. The van der Waals surface area contributed by atoms with Crippen molar-refractivity contribution in [2.45, 2.75) is 56.9 Å². The van der Waals surface area contributed by atoms with E-state index in [2.05, 4.69) is 37.7 Å². The Bertz CT molecular complexity index is 272. The van der Waals surface area contributed by atoms with Gasteiger partial charge in [-0.15, -0.1) is 0 Å². The number of hydrogen-bond acceptors (Lipinski definition) is 4. The summed E-state index contributed by atoms with van der Waals surface area (Å²) in [6.45, 7) is 7.45. The number of nitrogens with two attached hydrogens (primary N) is 1. The summed E-state index contributed by atoms with van der Waals surface area (Å²) in [6.07, 6.45) is 4.08. The van der Waals surface area contributed by atoms with Crippen molar-refractivity contribution in [3.05, 3.63) is 0 Å². The zero-order valence-electron chi connectivity index (χ0n) is 12.4. The Morgan fingerprint density at radius 1 is 1.28 bits per heavy atom. The van der Waals surface area contributed by atoms with Crippen molar-refractivity contribution in [1.82, 2.24) is 9.80 Å².